The van der Waals surface area contributed by atoms with E-state index in [2.05, 4.69) is 48.5 Å². The Hall–Kier alpha value is -1.65. The summed E-state index contributed by atoms with van der Waals surface area (Å²) in [5.41, 5.74) is 2.52. The van der Waals surface area contributed by atoms with Crippen LogP contribution in [-0.2, 0) is 25.6 Å². The molecular weight excluding hydrogens is 274 g/mol. The zero-order valence-electron chi connectivity index (χ0n) is 14.0. The summed E-state index contributed by atoms with van der Waals surface area (Å²) in [7, 11) is 1.85. The Kier molecular flexibility index (Phi) is 5.37. The van der Waals surface area contributed by atoms with Gasteiger partial charge in [-0.1, -0.05) is 38.1 Å². The van der Waals surface area contributed by atoms with Gasteiger partial charge in [0.05, 0.1) is 6.20 Å². The van der Waals surface area contributed by atoms with Crippen molar-refractivity contribution in [1.82, 2.24) is 15.1 Å². The Morgan fingerprint density at radius 3 is 2.41 bits per heavy atom. The third-order valence-corrected chi connectivity index (χ3v) is 3.79. The van der Waals surface area contributed by atoms with Crippen LogP contribution in [0.25, 0.3) is 0 Å². The summed E-state index contributed by atoms with van der Waals surface area (Å²) in [5, 5.41) is 17.9. The van der Waals surface area contributed by atoms with E-state index in [1.54, 1.807) is 10.9 Å². The van der Waals surface area contributed by atoms with Crippen LogP contribution in [0.5, 0.6) is 0 Å². The lowest BCUT2D eigenvalue weighted by molar-refractivity contribution is 0.0566. The maximum absolute atomic E-state index is 10.5. The molecule has 2 rings (SSSR count). The fourth-order valence-corrected chi connectivity index (χ4v) is 2.52. The van der Waals surface area contributed by atoms with Crippen molar-refractivity contribution in [2.45, 2.75) is 39.3 Å². The van der Waals surface area contributed by atoms with Gasteiger partial charge in [0.2, 0.25) is 0 Å². The number of benzene rings is 1. The van der Waals surface area contributed by atoms with Gasteiger partial charge < -0.3 is 10.4 Å². The minimum atomic E-state index is -0.911. The van der Waals surface area contributed by atoms with Crippen molar-refractivity contribution in [3.8, 4) is 0 Å². The SMILES string of the molecule is CC(C)Cc1ccc(CNC[C@](C)(O)c2cnn(C)c2)cc1. The van der Waals surface area contributed by atoms with Crippen molar-refractivity contribution in [3.05, 3.63) is 53.3 Å². The van der Waals surface area contributed by atoms with E-state index >= 15 is 0 Å². The van der Waals surface area contributed by atoms with Gasteiger partial charge in [0.1, 0.15) is 5.60 Å². The number of aliphatic hydroxyl groups is 1. The van der Waals surface area contributed by atoms with E-state index in [4.69, 9.17) is 0 Å². The Balaban J connectivity index is 1.85. The van der Waals surface area contributed by atoms with E-state index in [1.165, 1.54) is 11.1 Å². The molecule has 120 valence electrons. The molecule has 0 amide bonds. The van der Waals surface area contributed by atoms with Crippen molar-refractivity contribution in [3.63, 3.8) is 0 Å². The molecule has 0 saturated carbocycles. The zero-order chi connectivity index (χ0) is 16.2. The summed E-state index contributed by atoms with van der Waals surface area (Å²) < 4.78 is 1.71. The van der Waals surface area contributed by atoms with Crippen LogP contribution in [0.1, 0.15) is 37.5 Å². The molecule has 0 aliphatic carbocycles. The molecule has 2 N–H and O–H groups in total. The molecule has 0 radical (unpaired) electrons. The topological polar surface area (TPSA) is 50.1 Å². The predicted octanol–water partition coefficient (Wildman–Crippen LogP) is 2.62. The van der Waals surface area contributed by atoms with Gasteiger partial charge in [-0.3, -0.25) is 4.68 Å². The van der Waals surface area contributed by atoms with Gasteiger partial charge in [-0.05, 0) is 30.4 Å². The molecular formula is C18H27N3O. The molecule has 22 heavy (non-hydrogen) atoms. The third kappa shape index (κ3) is 4.68. The van der Waals surface area contributed by atoms with Crippen LogP contribution in [-0.4, -0.2) is 21.4 Å². The number of rotatable bonds is 7. The summed E-state index contributed by atoms with van der Waals surface area (Å²) in [5.74, 6) is 0.679. The molecule has 4 heteroatoms. The van der Waals surface area contributed by atoms with Crippen LogP contribution in [0.15, 0.2) is 36.7 Å². The average molecular weight is 301 g/mol. The van der Waals surface area contributed by atoms with Crippen LogP contribution in [0, 0.1) is 5.92 Å². The zero-order valence-corrected chi connectivity index (χ0v) is 14.0. The van der Waals surface area contributed by atoms with E-state index < -0.39 is 5.60 Å². The molecule has 1 aromatic heterocycles. The van der Waals surface area contributed by atoms with Crippen molar-refractivity contribution < 1.29 is 5.11 Å². The van der Waals surface area contributed by atoms with E-state index in [1.807, 2.05) is 20.2 Å². The second-order valence-electron chi connectivity index (χ2n) is 6.69. The van der Waals surface area contributed by atoms with Gasteiger partial charge in [-0.15, -0.1) is 0 Å². The highest BCUT2D eigenvalue weighted by atomic mass is 16.3. The number of hydrogen-bond acceptors (Lipinski definition) is 3. The molecule has 1 heterocycles. The molecule has 0 saturated heterocycles. The Bertz CT molecular complexity index is 585. The van der Waals surface area contributed by atoms with Gasteiger partial charge >= 0.3 is 0 Å². The quantitative estimate of drug-likeness (QED) is 0.826. The Morgan fingerprint density at radius 2 is 1.86 bits per heavy atom. The average Bonchev–Trinajstić information content (AvgIpc) is 2.87. The minimum Gasteiger partial charge on any atom is -0.384 e. The lowest BCUT2D eigenvalue weighted by Crippen LogP contribution is -2.34. The van der Waals surface area contributed by atoms with Gasteiger partial charge in [-0.2, -0.15) is 5.10 Å². The first-order valence-electron chi connectivity index (χ1n) is 7.87. The largest absolute Gasteiger partial charge is 0.384 e. The molecule has 0 bridgehead atoms. The van der Waals surface area contributed by atoms with E-state index in [0.29, 0.717) is 12.5 Å². The Labute approximate surface area is 133 Å². The van der Waals surface area contributed by atoms with Crippen LogP contribution in [0.4, 0.5) is 0 Å². The van der Waals surface area contributed by atoms with E-state index in [9.17, 15) is 5.11 Å². The van der Waals surface area contributed by atoms with Crippen LogP contribution < -0.4 is 5.32 Å². The van der Waals surface area contributed by atoms with Gasteiger partial charge in [0.25, 0.3) is 0 Å². The van der Waals surface area contributed by atoms with Crippen LogP contribution >= 0.6 is 0 Å². The normalized spacial score (nSPS) is 14.3. The maximum Gasteiger partial charge on any atom is 0.102 e. The van der Waals surface area contributed by atoms with Crippen molar-refractivity contribution in [1.29, 1.82) is 0 Å². The third-order valence-electron chi connectivity index (χ3n) is 3.79. The van der Waals surface area contributed by atoms with Crippen molar-refractivity contribution >= 4 is 0 Å². The fourth-order valence-electron chi connectivity index (χ4n) is 2.52. The number of nitrogens with one attached hydrogen (secondary N) is 1. The second kappa shape index (κ2) is 7.07. The molecule has 0 spiro atoms. The molecule has 0 fully saturated rings. The lowest BCUT2D eigenvalue weighted by atomic mass is 9.99. The van der Waals surface area contributed by atoms with Crippen LogP contribution in [0.3, 0.4) is 0 Å². The highest BCUT2D eigenvalue weighted by Gasteiger charge is 2.23. The molecule has 1 atom stereocenters. The summed E-state index contributed by atoms with van der Waals surface area (Å²) in [4.78, 5) is 0. The first kappa shape index (κ1) is 16.7. The van der Waals surface area contributed by atoms with Gasteiger partial charge in [0, 0.05) is 31.9 Å². The second-order valence-corrected chi connectivity index (χ2v) is 6.69. The van der Waals surface area contributed by atoms with Crippen molar-refractivity contribution in [2.24, 2.45) is 13.0 Å². The minimum absolute atomic E-state index is 0.492. The summed E-state index contributed by atoms with van der Waals surface area (Å²) in [6.45, 7) is 7.51. The van der Waals surface area contributed by atoms with Gasteiger partial charge in [0.15, 0.2) is 0 Å². The molecule has 0 unspecified atom stereocenters. The molecule has 2 aromatic rings. The first-order valence-corrected chi connectivity index (χ1v) is 7.87. The molecule has 0 aliphatic heterocycles. The molecule has 4 nitrogen and oxygen atoms in total. The summed E-state index contributed by atoms with van der Waals surface area (Å²) >= 11 is 0. The van der Waals surface area contributed by atoms with E-state index in [0.717, 1.165) is 18.5 Å². The monoisotopic (exact) mass is 301 g/mol. The molecule has 0 aliphatic rings. The number of hydrogen-bond donors (Lipinski definition) is 2. The molecule has 1 aromatic carbocycles. The first-order chi connectivity index (χ1) is 10.4. The number of aryl methyl sites for hydroxylation is 1. The van der Waals surface area contributed by atoms with E-state index in [-0.39, 0.29) is 0 Å². The fraction of sp³-hybridized carbons (Fsp3) is 0.500. The Morgan fingerprint density at radius 1 is 1.23 bits per heavy atom. The lowest BCUT2D eigenvalue weighted by Gasteiger charge is -2.22. The van der Waals surface area contributed by atoms with Gasteiger partial charge in [-0.25, -0.2) is 0 Å². The van der Waals surface area contributed by atoms with Crippen molar-refractivity contribution in [2.75, 3.05) is 6.54 Å². The number of aromatic nitrogens is 2. The smallest absolute Gasteiger partial charge is 0.102 e. The maximum atomic E-state index is 10.5. The predicted molar refractivity (Wildman–Crippen MR) is 89.5 cm³/mol. The summed E-state index contributed by atoms with van der Waals surface area (Å²) in [6.07, 6.45) is 4.67. The summed E-state index contributed by atoms with van der Waals surface area (Å²) in [6, 6.07) is 8.69. The van der Waals surface area contributed by atoms with Crippen LogP contribution in [0.2, 0.25) is 0 Å². The highest BCUT2D eigenvalue weighted by Crippen LogP contribution is 2.18. The standard InChI is InChI=1S/C18H27N3O/c1-14(2)9-15-5-7-16(8-6-15)10-19-13-18(3,22)17-11-20-21(4)12-17/h5-8,11-12,14,19,22H,9-10,13H2,1-4H3/t18-/m0/s1. The highest BCUT2D eigenvalue weighted by molar-refractivity contribution is 5.23. The number of nitrogens with zero attached hydrogens (tertiary/aromatic N) is 2.